The van der Waals surface area contributed by atoms with Gasteiger partial charge < -0.3 is 254 Å². The highest BCUT2D eigenvalue weighted by molar-refractivity contribution is 5.75. The molecule has 0 aliphatic carbocycles. The lowest BCUT2D eigenvalue weighted by atomic mass is 9.93. The van der Waals surface area contributed by atoms with Gasteiger partial charge in [-0.15, -0.1) is 0 Å². The van der Waals surface area contributed by atoms with E-state index < -0.39 is 402 Å². The van der Waals surface area contributed by atoms with Crippen molar-refractivity contribution in [2.24, 2.45) is 0 Å². The van der Waals surface area contributed by atoms with Crippen molar-refractivity contribution in [1.29, 1.82) is 0 Å². The average molecular weight is 1840 g/mol. The molecule has 10 saturated heterocycles. The van der Waals surface area contributed by atoms with E-state index in [2.05, 4.69) is 26.6 Å². The van der Waals surface area contributed by atoms with Crippen LogP contribution < -0.4 is 26.6 Å². The fourth-order valence-corrected chi connectivity index (χ4v) is 16.1. The van der Waals surface area contributed by atoms with Crippen LogP contribution in [-0.4, -0.2) is 540 Å². The highest BCUT2D eigenvalue weighted by Crippen LogP contribution is 2.41. The Hall–Kier alpha value is -4.49. The monoisotopic (exact) mass is 1840 g/mol. The highest BCUT2D eigenvalue weighted by atomic mass is 16.8. The zero-order chi connectivity index (χ0) is 92.8. The SMILES string of the molecule is CC(=O)N[C@@H]1[C@@H](O)[C@H](O[C@@H]2O[C@H](CO)[C@@H](O[C@@H]3O[C@H](CO[C@H]4O[C@H](CO[C@H]5O[C@H](CO)[C@@H](O)[C@H](O)[C@@H]5O)[C@@H](O)[C@H](O[C@H]5O[C@H](CO)[C@@H](O)[C@H](O)[C@@H]5O)[C@@H]4O)[C@@H](O[C@@H]4O[C@H](CO)[C@@H](O)[C@H](O)[C@H]4NC(C)=O)[C@H](O[C@H]4O[C@H](CO[C@@H]5O[C@H](CO)[C@@H](O)[C@H](O)[C@H]5NC(C)=O)[C@@H](O)[C@H](O)[C@@H]4O[C@@H]4O[C@H](CO)[C@@H](O)[C@H](O)[C@H]4NC(C)=O)[C@@H]3O)[C@H](O)[C@H]2NC(C)=O)[C@@H](CO)O[C@H]1O. The van der Waals surface area contributed by atoms with Crippen LogP contribution in [0.15, 0.2) is 0 Å². The number of carbonyl (C=O) groups is 5. The van der Waals surface area contributed by atoms with Crippen LogP contribution in [0.3, 0.4) is 0 Å². The van der Waals surface area contributed by atoms with Crippen LogP contribution in [-0.2, 0) is 114 Å². The molecule has 0 radical (unpaired) electrons. The Labute approximate surface area is 713 Å². The predicted molar refractivity (Wildman–Crippen MR) is 388 cm³/mol. The number of rotatable bonds is 33. The second-order valence-corrected chi connectivity index (χ2v) is 31.8. The van der Waals surface area contributed by atoms with Crippen LogP contribution >= 0.6 is 0 Å². The standard InChI is InChI=1S/C70H117N5O51/c1-16(83)71-31-46(98)55(26(11-81)111-61(31)107)121-65-35(75-20(5)87)47(99)56(27(12-82)117-65)122-69-54(106)59(125-70-60(126-64-34(74-19(4)86)45(97)38(90)23(8-78)114-64)50(102)41(93)28(119-70)13-108-62-32(72-17(2)84)43(95)36(88)21(6-76)112-62)57(123-63-33(73-18(3)85)44(96)37(89)22(7-77)113-63)30(120-69)15-110-67-53(105)58(124-68-52(104)49(101)40(92)25(10-80)116-68)42(94)29(118-67)14-109-66-51(103)48(100)39(91)24(9-79)115-66/h21-70,76-82,88-107H,6-15H2,1-5H3,(H,71,83)(H,72,84)(H,73,85)(H,74,86)(H,75,87)/t21-,22-,23-,24-,25-,26-,27-,28-,29-,30-,31-,32-,33-,34-,35-,36-,37-,38-,39-,40-,41-,42-,43-,44-,45-,46-,47-,48+,49+,50+,51+,52+,53+,54+,55-,56-,57-,58+,59-,60+,61-,62-,63+,64+,65+,66+,67+,68-,69+,70-/m1/s1. The number of aliphatic hydroxyl groups is 27. The van der Waals surface area contributed by atoms with Gasteiger partial charge >= 0.3 is 0 Å². The Morgan fingerprint density at radius 1 is 0.206 bits per heavy atom. The first-order valence-corrected chi connectivity index (χ1v) is 40.1. The number of aliphatic hydroxyl groups excluding tert-OH is 27. The minimum absolute atomic E-state index is 0.831. The lowest BCUT2D eigenvalue weighted by Gasteiger charge is -2.52. The molecule has 56 heteroatoms. The molecule has 10 heterocycles. The van der Waals surface area contributed by atoms with Gasteiger partial charge in [-0.25, -0.2) is 0 Å². The van der Waals surface area contributed by atoms with Crippen LogP contribution in [0.25, 0.3) is 0 Å². The van der Waals surface area contributed by atoms with E-state index in [1.54, 1.807) is 0 Å². The lowest BCUT2D eigenvalue weighted by molar-refractivity contribution is -0.408. The van der Waals surface area contributed by atoms with E-state index in [0.717, 1.165) is 34.6 Å². The Morgan fingerprint density at radius 3 is 0.921 bits per heavy atom. The smallest absolute Gasteiger partial charge is 0.217 e. The summed E-state index contributed by atoms with van der Waals surface area (Å²) >= 11 is 0. The van der Waals surface area contributed by atoms with Gasteiger partial charge in [0.15, 0.2) is 62.9 Å². The molecule has 0 saturated carbocycles. The molecule has 0 spiro atoms. The fraction of sp³-hybridized carbons (Fsp3) is 0.929. The molecule has 0 bridgehead atoms. The van der Waals surface area contributed by atoms with Gasteiger partial charge in [-0.1, -0.05) is 0 Å². The molecule has 5 amide bonds. The van der Waals surface area contributed by atoms with Gasteiger partial charge in [0.05, 0.1) is 66.1 Å². The maximum Gasteiger partial charge on any atom is 0.217 e. The van der Waals surface area contributed by atoms with Crippen molar-refractivity contribution in [3.8, 4) is 0 Å². The molecule has 0 aromatic heterocycles. The third-order valence-electron chi connectivity index (χ3n) is 22.8. The number of hydrogen-bond acceptors (Lipinski definition) is 51. The van der Waals surface area contributed by atoms with E-state index in [9.17, 15) is 162 Å². The summed E-state index contributed by atoms with van der Waals surface area (Å²) in [4.78, 5) is 64.4. The summed E-state index contributed by atoms with van der Waals surface area (Å²) in [6.45, 7) is -6.78. The maximum absolute atomic E-state index is 13.5. The second kappa shape index (κ2) is 45.5. The third-order valence-corrected chi connectivity index (χ3v) is 22.8. The molecular formula is C70H117N5O51. The number of amides is 5. The average Bonchev–Trinajstić information content (AvgIpc) is 0.753. The van der Waals surface area contributed by atoms with Gasteiger partial charge in [0, 0.05) is 34.6 Å². The summed E-state index contributed by atoms with van der Waals surface area (Å²) in [6.07, 6.45) is -99.0. The van der Waals surface area contributed by atoms with Crippen molar-refractivity contribution >= 4 is 29.5 Å². The first-order chi connectivity index (χ1) is 59.6. The van der Waals surface area contributed by atoms with E-state index in [4.69, 9.17) is 90.0 Å². The summed E-state index contributed by atoms with van der Waals surface area (Å²) in [5, 5.41) is 316. The molecule has 10 aliphatic rings. The third kappa shape index (κ3) is 23.3. The molecule has 728 valence electrons. The molecule has 0 unspecified atom stereocenters. The minimum Gasteiger partial charge on any atom is -0.394 e. The van der Waals surface area contributed by atoms with Crippen molar-refractivity contribution in [2.75, 3.05) is 66.1 Å². The Morgan fingerprint density at radius 2 is 0.468 bits per heavy atom. The maximum atomic E-state index is 13.5. The number of ether oxygens (including phenoxy) is 19. The molecule has 10 rings (SSSR count). The van der Waals surface area contributed by atoms with Crippen molar-refractivity contribution < 1.29 is 252 Å². The Balaban J connectivity index is 1.13. The molecule has 0 aromatic rings. The van der Waals surface area contributed by atoms with Crippen molar-refractivity contribution in [2.45, 2.75) is 341 Å². The van der Waals surface area contributed by atoms with Crippen molar-refractivity contribution in [1.82, 2.24) is 26.6 Å². The topological polar surface area (TPSA) is 867 Å². The Bertz CT molecular complexity index is 3440. The second-order valence-electron chi connectivity index (χ2n) is 31.8. The van der Waals surface area contributed by atoms with Crippen LogP contribution in [0.1, 0.15) is 34.6 Å². The zero-order valence-electron chi connectivity index (χ0n) is 67.8. The largest absolute Gasteiger partial charge is 0.394 e. The number of hydrogen-bond donors (Lipinski definition) is 32. The molecule has 126 heavy (non-hydrogen) atoms. The minimum atomic E-state index is -2.82. The molecule has 32 N–H and O–H groups in total. The van der Waals surface area contributed by atoms with Crippen LogP contribution in [0.2, 0.25) is 0 Å². The van der Waals surface area contributed by atoms with Gasteiger partial charge in [0.2, 0.25) is 29.5 Å². The van der Waals surface area contributed by atoms with Gasteiger partial charge in [0.25, 0.3) is 0 Å². The summed E-state index contributed by atoms with van der Waals surface area (Å²) in [7, 11) is 0. The normalized spacial score (nSPS) is 48.4. The number of nitrogens with one attached hydrogen (secondary N) is 5. The molecular weight excluding hydrogens is 1730 g/mol. The fourth-order valence-electron chi connectivity index (χ4n) is 16.1. The van der Waals surface area contributed by atoms with Crippen LogP contribution in [0.4, 0.5) is 0 Å². The summed E-state index contributed by atoms with van der Waals surface area (Å²) in [6, 6.07) is -9.55. The molecule has 10 aliphatic heterocycles. The lowest BCUT2D eigenvalue weighted by Crippen LogP contribution is -2.71. The van der Waals surface area contributed by atoms with E-state index in [1.165, 1.54) is 0 Å². The van der Waals surface area contributed by atoms with Crippen molar-refractivity contribution in [3.05, 3.63) is 0 Å². The van der Waals surface area contributed by atoms with Gasteiger partial charge in [-0.2, -0.15) is 0 Å². The highest BCUT2D eigenvalue weighted by Gasteiger charge is 2.62. The van der Waals surface area contributed by atoms with E-state index in [0.29, 0.717) is 0 Å². The molecule has 56 nitrogen and oxygen atoms in total. The van der Waals surface area contributed by atoms with Gasteiger partial charge in [0.1, 0.15) is 244 Å². The zero-order valence-corrected chi connectivity index (χ0v) is 67.8. The van der Waals surface area contributed by atoms with Crippen molar-refractivity contribution in [3.63, 3.8) is 0 Å². The molecule has 10 fully saturated rings. The van der Waals surface area contributed by atoms with E-state index in [1.807, 2.05) is 0 Å². The first-order valence-electron chi connectivity index (χ1n) is 40.1. The van der Waals surface area contributed by atoms with Crippen LogP contribution in [0, 0.1) is 0 Å². The summed E-state index contributed by atoms with van der Waals surface area (Å²) < 4.78 is 115. The first kappa shape index (κ1) is 104. The van der Waals surface area contributed by atoms with E-state index >= 15 is 0 Å². The quantitative estimate of drug-likeness (QED) is 0.0290. The van der Waals surface area contributed by atoms with Crippen LogP contribution in [0.5, 0.6) is 0 Å². The van der Waals surface area contributed by atoms with Gasteiger partial charge in [-0.3, -0.25) is 24.0 Å². The van der Waals surface area contributed by atoms with Gasteiger partial charge in [-0.05, 0) is 0 Å². The predicted octanol–water partition coefficient (Wildman–Crippen LogP) is -22.1. The molecule has 0 aromatic carbocycles. The molecule has 50 atom stereocenters. The summed E-state index contributed by atoms with van der Waals surface area (Å²) in [5.41, 5.74) is 0. The Kier molecular flexibility index (Phi) is 37.4. The number of carbonyl (C=O) groups excluding carboxylic acids is 5. The summed E-state index contributed by atoms with van der Waals surface area (Å²) in [5.74, 6) is -4.71. The van der Waals surface area contributed by atoms with E-state index in [-0.39, 0.29) is 0 Å².